The maximum atomic E-state index is 13.8. The molecule has 0 fully saturated rings. The van der Waals surface area contributed by atoms with Crippen molar-refractivity contribution in [3.8, 4) is 11.3 Å². The second-order valence-corrected chi connectivity index (χ2v) is 10.4. The van der Waals surface area contributed by atoms with Crippen LogP contribution >= 0.6 is 0 Å². The number of nitrogens with one attached hydrogen (secondary N) is 1. The topological polar surface area (TPSA) is 88.4 Å². The van der Waals surface area contributed by atoms with Crippen molar-refractivity contribution in [3.05, 3.63) is 71.2 Å². The zero-order valence-corrected chi connectivity index (χ0v) is 20.1. The van der Waals surface area contributed by atoms with Crippen molar-refractivity contribution < 1.29 is 35.9 Å². The van der Waals surface area contributed by atoms with Crippen LogP contribution in [0.15, 0.2) is 53.6 Å². The van der Waals surface area contributed by atoms with Crippen molar-refractivity contribution in [3.63, 3.8) is 0 Å². The highest BCUT2D eigenvalue weighted by atomic mass is 32.2. The van der Waals surface area contributed by atoms with E-state index in [2.05, 4.69) is 5.32 Å². The number of carbonyl (C=O) groups is 1. The first kappa shape index (κ1) is 26.4. The number of nitrogens with zero attached hydrogens (tertiary/aromatic N) is 1. The molecule has 1 amide bonds. The molecule has 1 aromatic heterocycles. The van der Waals surface area contributed by atoms with Crippen LogP contribution in [0.4, 0.5) is 23.2 Å². The molecule has 3 rings (SSSR count). The number of anilines is 1. The van der Waals surface area contributed by atoms with E-state index in [1.165, 1.54) is 48.9 Å². The Morgan fingerprint density at radius 1 is 1.09 bits per heavy atom. The standard InChI is InChI=1S/C24H24F4N2O4S/c1-13-20(23(32)29-17-6-8-18(9-7-17)35(4,33)34)12-30(14(2)15(3)31)22(13)19-10-5-16(25)11-21(19)24(26,27)28/h5-12,14-15,31H,1-4H3,(H,29,32). The maximum absolute atomic E-state index is 13.8. The van der Waals surface area contributed by atoms with Gasteiger partial charge in [-0.1, -0.05) is 0 Å². The summed E-state index contributed by atoms with van der Waals surface area (Å²) in [7, 11) is -3.44. The molecule has 0 saturated heterocycles. The minimum atomic E-state index is -4.86. The van der Waals surface area contributed by atoms with Gasteiger partial charge in [-0.05, 0) is 68.8 Å². The lowest BCUT2D eigenvalue weighted by Gasteiger charge is -2.22. The summed E-state index contributed by atoms with van der Waals surface area (Å²) in [5.74, 6) is -1.71. The van der Waals surface area contributed by atoms with Crippen LogP contribution in [0, 0.1) is 12.7 Å². The Labute approximate surface area is 200 Å². The van der Waals surface area contributed by atoms with E-state index in [0.717, 1.165) is 18.4 Å². The summed E-state index contributed by atoms with van der Waals surface area (Å²) in [5, 5.41) is 12.7. The second-order valence-electron chi connectivity index (χ2n) is 8.34. The van der Waals surface area contributed by atoms with E-state index < -0.39 is 45.4 Å². The zero-order chi connectivity index (χ0) is 26.3. The lowest BCUT2D eigenvalue weighted by molar-refractivity contribution is -0.137. The highest BCUT2D eigenvalue weighted by Crippen LogP contribution is 2.41. The summed E-state index contributed by atoms with van der Waals surface area (Å²) in [6, 6.07) is 6.99. The predicted octanol–water partition coefficient (Wildman–Crippen LogP) is 5.22. The summed E-state index contributed by atoms with van der Waals surface area (Å²) in [6.07, 6.45) is -3.46. The molecule has 0 saturated carbocycles. The molecule has 0 bridgehead atoms. The summed E-state index contributed by atoms with van der Waals surface area (Å²) < 4.78 is 79.6. The Hall–Kier alpha value is -3.18. The number of carbonyl (C=O) groups excluding carboxylic acids is 1. The molecule has 6 nitrogen and oxygen atoms in total. The number of hydrogen-bond acceptors (Lipinski definition) is 4. The normalized spacial score (nSPS) is 14.0. The van der Waals surface area contributed by atoms with Crippen molar-refractivity contribution in [1.82, 2.24) is 4.57 Å². The van der Waals surface area contributed by atoms with E-state index in [4.69, 9.17) is 0 Å². The largest absolute Gasteiger partial charge is 0.417 e. The van der Waals surface area contributed by atoms with Crippen LogP contribution in [0.25, 0.3) is 11.3 Å². The first-order chi connectivity index (χ1) is 16.1. The van der Waals surface area contributed by atoms with Crippen LogP contribution in [0.3, 0.4) is 0 Å². The average Bonchev–Trinajstić information content (AvgIpc) is 3.09. The third kappa shape index (κ3) is 5.57. The number of sulfone groups is 1. The van der Waals surface area contributed by atoms with E-state index in [1.807, 2.05) is 0 Å². The van der Waals surface area contributed by atoms with E-state index in [1.54, 1.807) is 6.92 Å². The first-order valence-electron chi connectivity index (χ1n) is 10.5. The van der Waals surface area contributed by atoms with Crippen LogP contribution in [-0.2, 0) is 16.0 Å². The van der Waals surface area contributed by atoms with Crippen molar-refractivity contribution >= 4 is 21.4 Å². The van der Waals surface area contributed by atoms with Crippen LogP contribution in [0.2, 0.25) is 0 Å². The van der Waals surface area contributed by atoms with Gasteiger partial charge < -0.3 is 15.0 Å². The fraction of sp³-hybridized carbons (Fsp3) is 0.292. The molecule has 2 aromatic carbocycles. The van der Waals surface area contributed by atoms with Gasteiger partial charge in [0.1, 0.15) is 5.82 Å². The number of halogens is 4. The molecule has 0 spiro atoms. The minimum absolute atomic E-state index is 0.0169. The van der Waals surface area contributed by atoms with Crippen molar-refractivity contribution in [2.45, 2.75) is 44.0 Å². The SMILES string of the molecule is Cc1c(C(=O)Nc2ccc(S(C)(=O)=O)cc2)cn(C(C)C(C)O)c1-c1ccc(F)cc1C(F)(F)F. The quantitative estimate of drug-likeness (QED) is 0.444. The molecule has 11 heteroatoms. The smallest absolute Gasteiger partial charge is 0.391 e. The number of aliphatic hydroxyl groups is 1. The highest BCUT2D eigenvalue weighted by Gasteiger charge is 2.36. The van der Waals surface area contributed by atoms with Crippen molar-refractivity contribution in [2.75, 3.05) is 11.6 Å². The van der Waals surface area contributed by atoms with Gasteiger partial charge >= 0.3 is 6.18 Å². The van der Waals surface area contributed by atoms with Gasteiger partial charge in [-0.3, -0.25) is 4.79 Å². The second kappa shape index (κ2) is 9.46. The monoisotopic (exact) mass is 512 g/mol. The molecule has 2 atom stereocenters. The van der Waals surface area contributed by atoms with Crippen LogP contribution in [-0.4, -0.2) is 36.4 Å². The first-order valence-corrected chi connectivity index (χ1v) is 12.4. The number of amides is 1. The van der Waals surface area contributed by atoms with Gasteiger partial charge in [-0.15, -0.1) is 0 Å². The Morgan fingerprint density at radius 2 is 1.69 bits per heavy atom. The summed E-state index contributed by atoms with van der Waals surface area (Å²) in [6.45, 7) is 4.50. The molecular weight excluding hydrogens is 488 g/mol. The van der Waals surface area contributed by atoms with Gasteiger partial charge in [-0.2, -0.15) is 13.2 Å². The molecule has 0 radical (unpaired) electrons. The van der Waals surface area contributed by atoms with E-state index in [0.29, 0.717) is 6.07 Å². The minimum Gasteiger partial charge on any atom is -0.391 e. The molecule has 35 heavy (non-hydrogen) atoms. The van der Waals surface area contributed by atoms with Crippen LogP contribution in [0.5, 0.6) is 0 Å². The third-order valence-corrected chi connectivity index (χ3v) is 6.88. The number of alkyl halides is 3. The molecule has 188 valence electrons. The van der Waals surface area contributed by atoms with Gasteiger partial charge in [0.05, 0.1) is 33.9 Å². The molecule has 0 aliphatic rings. The van der Waals surface area contributed by atoms with E-state index >= 15 is 0 Å². The van der Waals surface area contributed by atoms with Gasteiger partial charge in [0.2, 0.25) is 0 Å². The van der Waals surface area contributed by atoms with Gasteiger partial charge in [-0.25, -0.2) is 12.8 Å². The number of benzene rings is 2. The van der Waals surface area contributed by atoms with Crippen LogP contribution in [0.1, 0.15) is 41.4 Å². The van der Waals surface area contributed by atoms with E-state index in [9.17, 15) is 35.9 Å². The molecule has 2 N–H and O–H groups in total. The number of hydrogen-bond donors (Lipinski definition) is 2. The Balaban J connectivity index is 2.12. The van der Waals surface area contributed by atoms with E-state index in [-0.39, 0.29) is 33.0 Å². The molecule has 1 heterocycles. The average molecular weight is 513 g/mol. The predicted molar refractivity (Wildman–Crippen MR) is 123 cm³/mol. The summed E-state index contributed by atoms with van der Waals surface area (Å²) in [4.78, 5) is 13.1. The summed E-state index contributed by atoms with van der Waals surface area (Å²) in [5.41, 5.74) is -1.01. The number of rotatable bonds is 6. The zero-order valence-electron chi connectivity index (χ0n) is 19.3. The number of aromatic nitrogens is 1. The van der Waals surface area contributed by atoms with Crippen LogP contribution < -0.4 is 5.32 Å². The molecule has 0 aliphatic heterocycles. The lowest BCUT2D eigenvalue weighted by Crippen LogP contribution is -2.19. The Kier molecular flexibility index (Phi) is 7.14. The Bertz CT molecular complexity index is 1360. The van der Waals surface area contributed by atoms with Gasteiger partial charge in [0.15, 0.2) is 9.84 Å². The molecule has 2 unspecified atom stereocenters. The molecular formula is C24H24F4N2O4S. The fourth-order valence-electron chi connectivity index (χ4n) is 3.69. The third-order valence-electron chi connectivity index (χ3n) is 5.75. The number of aliphatic hydroxyl groups excluding tert-OH is 1. The summed E-state index contributed by atoms with van der Waals surface area (Å²) >= 11 is 0. The maximum Gasteiger partial charge on any atom is 0.417 e. The van der Waals surface area contributed by atoms with Crippen molar-refractivity contribution in [2.24, 2.45) is 0 Å². The van der Waals surface area contributed by atoms with Crippen molar-refractivity contribution in [1.29, 1.82) is 0 Å². The molecule has 0 aliphatic carbocycles. The highest BCUT2D eigenvalue weighted by molar-refractivity contribution is 7.90. The van der Waals surface area contributed by atoms with Gasteiger partial charge in [0, 0.05) is 23.7 Å². The molecule has 3 aromatic rings. The Morgan fingerprint density at radius 3 is 2.20 bits per heavy atom. The van der Waals surface area contributed by atoms with Gasteiger partial charge in [0.25, 0.3) is 5.91 Å². The lowest BCUT2D eigenvalue weighted by atomic mass is 9.99. The fourth-order valence-corrected chi connectivity index (χ4v) is 4.32.